The highest BCUT2D eigenvalue weighted by Gasteiger charge is 2.38. The third-order valence-corrected chi connectivity index (χ3v) is 3.54. The fraction of sp³-hybridized carbons (Fsp3) is 0.400. The number of hydrogen-bond acceptors (Lipinski definition) is 4. The first-order valence-electron chi connectivity index (χ1n) is 6.68. The molecular formula is C15H17NO4. The van der Waals surface area contributed by atoms with Gasteiger partial charge in [-0.2, -0.15) is 0 Å². The van der Waals surface area contributed by atoms with Gasteiger partial charge in [0.25, 0.3) is 5.69 Å². The quantitative estimate of drug-likeness (QED) is 0.357. The molecule has 1 aromatic rings. The molecule has 0 N–H and O–H groups in total. The first-order chi connectivity index (χ1) is 9.54. The second-order valence-corrected chi connectivity index (χ2v) is 4.92. The van der Waals surface area contributed by atoms with E-state index in [-0.39, 0.29) is 17.8 Å². The van der Waals surface area contributed by atoms with Crippen LogP contribution in [0, 0.1) is 10.1 Å². The summed E-state index contributed by atoms with van der Waals surface area (Å²) < 4.78 is 5.35. The third-order valence-electron chi connectivity index (χ3n) is 3.54. The number of nitrogens with zero attached hydrogens (tertiary/aromatic N) is 1. The molecule has 0 bridgehead atoms. The number of carbonyl (C=O) groups is 1. The molecule has 5 heteroatoms. The number of nitro benzene ring substituents is 1. The maximum Gasteiger partial charge on any atom is 0.318 e. The maximum atomic E-state index is 12.0. The summed E-state index contributed by atoms with van der Waals surface area (Å²) in [7, 11) is 0. The van der Waals surface area contributed by atoms with Gasteiger partial charge in [-0.15, -0.1) is 0 Å². The zero-order chi connectivity index (χ0) is 14.7. The molecule has 0 aromatic heterocycles. The number of nitro groups is 1. The number of cyclic esters (lactones) is 1. The highest BCUT2D eigenvalue weighted by molar-refractivity contribution is 5.85. The summed E-state index contributed by atoms with van der Waals surface area (Å²) in [6.07, 6.45) is 2.56. The van der Waals surface area contributed by atoms with E-state index in [2.05, 4.69) is 13.5 Å². The van der Waals surface area contributed by atoms with Gasteiger partial charge in [0.05, 0.1) is 4.92 Å². The van der Waals surface area contributed by atoms with Crippen LogP contribution in [0.25, 0.3) is 0 Å². The zero-order valence-corrected chi connectivity index (χ0v) is 11.4. The van der Waals surface area contributed by atoms with E-state index < -0.39 is 10.8 Å². The molecule has 1 aliphatic rings. The van der Waals surface area contributed by atoms with E-state index in [9.17, 15) is 14.9 Å². The van der Waals surface area contributed by atoms with Crippen molar-refractivity contribution in [3.63, 3.8) is 0 Å². The fourth-order valence-corrected chi connectivity index (χ4v) is 2.39. The van der Waals surface area contributed by atoms with Gasteiger partial charge in [0, 0.05) is 12.1 Å². The highest BCUT2D eigenvalue weighted by atomic mass is 16.6. The van der Waals surface area contributed by atoms with Crippen molar-refractivity contribution in [3.05, 3.63) is 52.1 Å². The number of carbonyl (C=O) groups excluding carboxylic acids is 1. The summed E-state index contributed by atoms with van der Waals surface area (Å²) in [5.74, 6) is -0.817. The minimum atomic E-state index is -0.502. The molecule has 1 saturated heterocycles. The predicted molar refractivity (Wildman–Crippen MR) is 74.4 cm³/mol. The summed E-state index contributed by atoms with van der Waals surface area (Å²) in [6, 6.07) is 5.99. The number of benzene rings is 1. The molecule has 1 fully saturated rings. The van der Waals surface area contributed by atoms with E-state index in [1.165, 1.54) is 12.1 Å². The lowest BCUT2D eigenvalue weighted by atomic mass is 9.90. The minimum absolute atomic E-state index is 0.00765. The van der Waals surface area contributed by atoms with Gasteiger partial charge in [0.2, 0.25) is 0 Å². The first-order valence-corrected chi connectivity index (χ1v) is 6.68. The molecule has 0 saturated carbocycles. The van der Waals surface area contributed by atoms with E-state index in [1.807, 2.05) is 0 Å². The molecule has 1 aromatic carbocycles. The van der Waals surface area contributed by atoms with Crippen molar-refractivity contribution in [2.45, 2.75) is 38.2 Å². The molecule has 2 rings (SSSR count). The van der Waals surface area contributed by atoms with Crippen molar-refractivity contribution >= 4 is 11.7 Å². The smallest absolute Gasteiger partial charge is 0.318 e. The van der Waals surface area contributed by atoms with Crippen LogP contribution in [-0.4, -0.2) is 17.0 Å². The van der Waals surface area contributed by atoms with Crippen molar-refractivity contribution in [2.75, 3.05) is 0 Å². The average Bonchev–Trinajstić information content (AvgIpc) is 2.71. The number of rotatable bonds is 5. The molecule has 2 unspecified atom stereocenters. The Hall–Kier alpha value is -2.17. The Bertz CT molecular complexity index is 535. The number of esters is 1. The van der Waals surface area contributed by atoms with Crippen molar-refractivity contribution in [1.82, 2.24) is 0 Å². The first kappa shape index (κ1) is 14.2. The molecule has 20 heavy (non-hydrogen) atoms. The van der Waals surface area contributed by atoms with Gasteiger partial charge in [-0.3, -0.25) is 14.9 Å². The molecule has 1 heterocycles. The Morgan fingerprint density at radius 1 is 1.35 bits per heavy atom. The molecule has 106 valence electrons. The van der Waals surface area contributed by atoms with Crippen LogP contribution in [0.5, 0.6) is 0 Å². The zero-order valence-electron chi connectivity index (χ0n) is 11.4. The molecular weight excluding hydrogens is 258 g/mol. The SMILES string of the molecule is C=C1C(CCCC)OC(=O)C1c1ccc([N+](=O)[O-])cc1. The standard InChI is InChI=1S/C15H17NO4/c1-3-4-5-13-10(2)14(15(17)20-13)11-6-8-12(9-7-11)16(18)19/h6-9,13-14H,2-5H2,1H3. The highest BCUT2D eigenvalue weighted by Crippen LogP contribution is 2.37. The number of hydrogen-bond donors (Lipinski definition) is 0. The lowest BCUT2D eigenvalue weighted by Gasteiger charge is -2.10. The minimum Gasteiger partial charge on any atom is -0.457 e. The van der Waals surface area contributed by atoms with Crippen LogP contribution >= 0.6 is 0 Å². The number of non-ortho nitro benzene ring substituents is 1. The average molecular weight is 275 g/mol. The molecule has 5 nitrogen and oxygen atoms in total. The molecule has 0 amide bonds. The van der Waals surface area contributed by atoms with Crippen LogP contribution < -0.4 is 0 Å². The second kappa shape index (κ2) is 5.86. The van der Waals surface area contributed by atoms with Crippen LogP contribution in [0.3, 0.4) is 0 Å². The Morgan fingerprint density at radius 2 is 2.00 bits per heavy atom. The maximum absolute atomic E-state index is 12.0. The van der Waals surface area contributed by atoms with Crippen molar-refractivity contribution in [3.8, 4) is 0 Å². The predicted octanol–water partition coefficient (Wildman–Crippen LogP) is 3.35. The molecule has 0 radical (unpaired) electrons. The molecule has 0 spiro atoms. The summed E-state index contributed by atoms with van der Waals surface area (Å²) in [5.41, 5.74) is 1.45. The van der Waals surface area contributed by atoms with Gasteiger partial charge in [-0.1, -0.05) is 32.1 Å². The Labute approximate surface area is 117 Å². The van der Waals surface area contributed by atoms with E-state index in [1.54, 1.807) is 12.1 Å². The van der Waals surface area contributed by atoms with E-state index in [0.717, 1.165) is 24.8 Å². The van der Waals surface area contributed by atoms with Gasteiger partial charge in [-0.05, 0) is 24.0 Å². The van der Waals surface area contributed by atoms with Gasteiger partial charge in [-0.25, -0.2) is 0 Å². The normalized spacial score (nSPS) is 21.9. The van der Waals surface area contributed by atoms with Crippen LogP contribution in [0.2, 0.25) is 0 Å². The summed E-state index contributed by atoms with van der Waals surface area (Å²) in [5, 5.41) is 10.6. The van der Waals surface area contributed by atoms with Crippen molar-refractivity contribution in [2.24, 2.45) is 0 Å². The lowest BCUT2D eigenvalue weighted by molar-refractivity contribution is -0.384. The van der Waals surface area contributed by atoms with Crippen molar-refractivity contribution < 1.29 is 14.5 Å². The lowest BCUT2D eigenvalue weighted by Crippen LogP contribution is -2.07. The van der Waals surface area contributed by atoms with Gasteiger partial charge >= 0.3 is 5.97 Å². The Kier molecular flexibility index (Phi) is 4.17. The monoisotopic (exact) mass is 275 g/mol. The third kappa shape index (κ3) is 2.71. The van der Waals surface area contributed by atoms with E-state index >= 15 is 0 Å². The van der Waals surface area contributed by atoms with Gasteiger partial charge in [0.15, 0.2) is 0 Å². The van der Waals surface area contributed by atoms with Crippen LogP contribution in [-0.2, 0) is 9.53 Å². The Balaban J connectivity index is 2.17. The second-order valence-electron chi connectivity index (χ2n) is 4.92. The van der Waals surface area contributed by atoms with E-state index in [0.29, 0.717) is 5.56 Å². The largest absolute Gasteiger partial charge is 0.457 e. The summed E-state index contributed by atoms with van der Waals surface area (Å²) in [6.45, 7) is 6.05. The number of unbranched alkanes of at least 4 members (excludes halogenated alkanes) is 1. The molecule has 1 aliphatic heterocycles. The number of ether oxygens (including phenoxy) is 1. The topological polar surface area (TPSA) is 69.4 Å². The van der Waals surface area contributed by atoms with Gasteiger partial charge in [0.1, 0.15) is 12.0 Å². The van der Waals surface area contributed by atoms with Crippen LogP contribution in [0.4, 0.5) is 5.69 Å². The molecule has 2 atom stereocenters. The van der Waals surface area contributed by atoms with Gasteiger partial charge < -0.3 is 4.74 Å². The fourth-order valence-electron chi connectivity index (χ4n) is 2.39. The Morgan fingerprint density at radius 3 is 2.55 bits per heavy atom. The summed E-state index contributed by atoms with van der Waals surface area (Å²) >= 11 is 0. The van der Waals surface area contributed by atoms with Crippen LogP contribution in [0.15, 0.2) is 36.4 Å². The summed E-state index contributed by atoms with van der Waals surface area (Å²) in [4.78, 5) is 22.1. The molecule has 0 aliphatic carbocycles. The van der Waals surface area contributed by atoms with Crippen LogP contribution in [0.1, 0.15) is 37.7 Å². The van der Waals surface area contributed by atoms with E-state index in [4.69, 9.17) is 4.74 Å². The van der Waals surface area contributed by atoms with Crippen molar-refractivity contribution in [1.29, 1.82) is 0 Å².